The van der Waals surface area contributed by atoms with Crippen molar-refractivity contribution < 1.29 is 23.1 Å². The molecule has 1 aliphatic carbocycles. The zero-order valence-corrected chi connectivity index (χ0v) is 15.8. The van der Waals surface area contributed by atoms with Crippen LogP contribution < -0.4 is 20.7 Å². The summed E-state index contributed by atoms with van der Waals surface area (Å²) in [5.74, 6) is -2.38. The Morgan fingerprint density at radius 2 is 1.79 bits per heavy atom. The smallest absolute Gasteiger partial charge is 0.319 e. The van der Waals surface area contributed by atoms with Crippen LogP contribution in [0.1, 0.15) is 35.8 Å². The number of rotatable bonds is 5. The molecule has 4 rings (SSSR count). The molecule has 2 aliphatic rings. The van der Waals surface area contributed by atoms with E-state index >= 15 is 0 Å². The van der Waals surface area contributed by atoms with Crippen molar-refractivity contribution in [1.29, 1.82) is 0 Å². The van der Waals surface area contributed by atoms with Crippen LogP contribution in [0.5, 0.6) is 5.75 Å². The van der Waals surface area contributed by atoms with Crippen molar-refractivity contribution in [1.82, 2.24) is 10.6 Å². The summed E-state index contributed by atoms with van der Waals surface area (Å²) in [4.78, 5) is 24.6. The monoisotopic (exact) mass is 401 g/mol. The minimum absolute atomic E-state index is 0.0139. The van der Waals surface area contributed by atoms with Gasteiger partial charge in [0.15, 0.2) is 0 Å². The third-order valence-corrected chi connectivity index (χ3v) is 5.34. The lowest BCUT2D eigenvalue weighted by atomic mass is 9.93. The predicted octanol–water partition coefficient (Wildman–Crippen LogP) is 3.25. The van der Waals surface area contributed by atoms with E-state index in [9.17, 15) is 18.4 Å². The molecule has 0 radical (unpaired) electrons. The fraction of sp³-hybridized carbons (Fsp3) is 0.333. The van der Waals surface area contributed by atoms with Gasteiger partial charge in [-0.2, -0.15) is 0 Å². The molecule has 1 aliphatic heterocycles. The number of carbonyl (C=O) groups excluding carboxylic acids is 2. The van der Waals surface area contributed by atoms with Crippen molar-refractivity contribution in [3.05, 3.63) is 59.2 Å². The van der Waals surface area contributed by atoms with Gasteiger partial charge in [0.2, 0.25) is 5.91 Å². The van der Waals surface area contributed by atoms with Crippen molar-refractivity contribution in [2.24, 2.45) is 0 Å². The highest BCUT2D eigenvalue weighted by molar-refractivity contribution is 5.95. The molecule has 0 unspecified atom stereocenters. The molecular formula is C21H21F2N3O3. The summed E-state index contributed by atoms with van der Waals surface area (Å²) in [7, 11) is 1.31. The number of carbonyl (C=O) groups is 2. The predicted molar refractivity (Wildman–Crippen MR) is 103 cm³/mol. The molecule has 2 aromatic rings. The number of urea groups is 1. The van der Waals surface area contributed by atoms with Gasteiger partial charge in [0.25, 0.3) is 0 Å². The Bertz CT molecular complexity index is 922. The number of amides is 3. The summed E-state index contributed by atoms with van der Waals surface area (Å²) in [6.07, 6.45) is 2.37. The number of nitrogens with one attached hydrogen (secondary N) is 3. The summed E-state index contributed by atoms with van der Waals surface area (Å²) >= 11 is 0. The summed E-state index contributed by atoms with van der Waals surface area (Å²) in [5.41, 5.74) is 1.54. The van der Waals surface area contributed by atoms with Gasteiger partial charge in [0.1, 0.15) is 23.4 Å². The van der Waals surface area contributed by atoms with Crippen LogP contribution in [-0.2, 0) is 4.79 Å². The van der Waals surface area contributed by atoms with E-state index in [0.717, 1.165) is 12.1 Å². The number of hydrogen-bond acceptors (Lipinski definition) is 3. The Morgan fingerprint density at radius 3 is 2.38 bits per heavy atom. The highest BCUT2D eigenvalue weighted by Gasteiger charge is 2.40. The molecule has 2 atom stereocenters. The van der Waals surface area contributed by atoms with Gasteiger partial charge < -0.3 is 20.7 Å². The highest BCUT2D eigenvalue weighted by Crippen LogP contribution is 2.40. The first-order valence-electron chi connectivity index (χ1n) is 9.44. The van der Waals surface area contributed by atoms with Crippen molar-refractivity contribution >= 4 is 17.6 Å². The second kappa shape index (κ2) is 7.69. The van der Waals surface area contributed by atoms with Crippen molar-refractivity contribution in [2.75, 3.05) is 19.0 Å². The molecule has 1 saturated carbocycles. The molecule has 0 bridgehead atoms. The molecule has 29 heavy (non-hydrogen) atoms. The zero-order valence-electron chi connectivity index (χ0n) is 15.8. The average molecular weight is 401 g/mol. The number of anilines is 1. The van der Waals surface area contributed by atoms with Crippen molar-refractivity contribution in [3.8, 4) is 5.75 Å². The zero-order chi connectivity index (χ0) is 20.5. The van der Waals surface area contributed by atoms with Gasteiger partial charge in [-0.1, -0.05) is 12.1 Å². The molecular weight excluding hydrogens is 380 g/mol. The summed E-state index contributed by atoms with van der Waals surface area (Å²) in [6, 6.07) is 7.90. The van der Waals surface area contributed by atoms with Crippen LogP contribution in [0, 0.1) is 11.6 Å². The Morgan fingerprint density at radius 1 is 1.14 bits per heavy atom. The van der Waals surface area contributed by atoms with Gasteiger partial charge in [0, 0.05) is 35.8 Å². The molecule has 1 heterocycles. The quantitative estimate of drug-likeness (QED) is 0.720. The number of methoxy groups -OCH3 is 1. The van der Waals surface area contributed by atoms with E-state index < -0.39 is 35.5 Å². The standard InChI is InChI=1S/C21H21F2N3O3/c1-29-14-8-16(22)18(17(23)9-14)15-10-24-20(27)19(15)26-21(28)25-13-6-4-12(5-7-13)11-2-3-11/h4-9,11,15,19H,2-3,10H2,1H3,(H,24,27)(H2,25,26,28)/t15-,19-/m0/s1. The SMILES string of the molecule is COc1cc(F)c([C@@H]2CNC(=O)[C@H]2NC(=O)Nc2ccc(C3CC3)cc2)c(F)c1. The minimum Gasteiger partial charge on any atom is -0.497 e. The van der Waals surface area contributed by atoms with E-state index in [0.29, 0.717) is 11.6 Å². The van der Waals surface area contributed by atoms with E-state index in [4.69, 9.17) is 4.74 Å². The second-order valence-corrected chi connectivity index (χ2v) is 7.33. The van der Waals surface area contributed by atoms with E-state index in [2.05, 4.69) is 16.0 Å². The molecule has 1 saturated heterocycles. The minimum atomic E-state index is -1.10. The topological polar surface area (TPSA) is 79.5 Å². The maximum Gasteiger partial charge on any atom is 0.319 e. The Kier molecular flexibility index (Phi) is 5.08. The van der Waals surface area contributed by atoms with E-state index in [1.165, 1.54) is 25.5 Å². The maximum atomic E-state index is 14.5. The van der Waals surface area contributed by atoms with Crippen LogP contribution in [0.2, 0.25) is 0 Å². The molecule has 2 fully saturated rings. The molecule has 2 aromatic carbocycles. The van der Waals surface area contributed by atoms with Crippen LogP contribution in [0.15, 0.2) is 36.4 Å². The number of halogens is 2. The van der Waals surface area contributed by atoms with E-state index in [1.807, 2.05) is 12.1 Å². The van der Waals surface area contributed by atoms with Crippen LogP contribution in [0.25, 0.3) is 0 Å². The van der Waals surface area contributed by atoms with Gasteiger partial charge in [-0.3, -0.25) is 4.79 Å². The number of hydrogen-bond donors (Lipinski definition) is 3. The third-order valence-electron chi connectivity index (χ3n) is 5.34. The summed E-state index contributed by atoms with van der Waals surface area (Å²) in [5, 5.41) is 7.74. The lowest BCUT2D eigenvalue weighted by Crippen LogP contribution is -2.45. The number of benzene rings is 2. The molecule has 8 heteroatoms. The lowest BCUT2D eigenvalue weighted by molar-refractivity contribution is -0.120. The van der Waals surface area contributed by atoms with E-state index in [1.54, 1.807) is 12.1 Å². The third kappa shape index (κ3) is 4.01. The van der Waals surface area contributed by atoms with Gasteiger partial charge in [0.05, 0.1) is 7.11 Å². The van der Waals surface area contributed by atoms with Crippen LogP contribution in [0.4, 0.5) is 19.3 Å². The maximum absolute atomic E-state index is 14.5. The first-order valence-corrected chi connectivity index (χ1v) is 9.44. The first kappa shape index (κ1) is 19.2. The van der Waals surface area contributed by atoms with Crippen LogP contribution in [-0.4, -0.2) is 31.6 Å². The Labute approximate surface area is 166 Å². The van der Waals surface area contributed by atoms with Crippen LogP contribution >= 0.6 is 0 Å². The van der Waals surface area contributed by atoms with E-state index in [-0.39, 0.29) is 17.9 Å². The Balaban J connectivity index is 1.47. The molecule has 152 valence electrons. The first-order chi connectivity index (χ1) is 14.0. The molecule has 0 aromatic heterocycles. The van der Waals surface area contributed by atoms with Crippen molar-refractivity contribution in [2.45, 2.75) is 30.7 Å². The lowest BCUT2D eigenvalue weighted by Gasteiger charge is -2.20. The average Bonchev–Trinajstić information content (AvgIpc) is 3.48. The van der Waals surface area contributed by atoms with Gasteiger partial charge >= 0.3 is 6.03 Å². The van der Waals surface area contributed by atoms with Gasteiger partial charge in [-0.15, -0.1) is 0 Å². The van der Waals surface area contributed by atoms with Crippen molar-refractivity contribution in [3.63, 3.8) is 0 Å². The highest BCUT2D eigenvalue weighted by atomic mass is 19.1. The normalized spacial score (nSPS) is 20.9. The largest absolute Gasteiger partial charge is 0.497 e. The summed E-state index contributed by atoms with van der Waals surface area (Å²) < 4.78 is 33.8. The van der Waals surface area contributed by atoms with Gasteiger partial charge in [-0.25, -0.2) is 13.6 Å². The fourth-order valence-electron chi connectivity index (χ4n) is 3.65. The second-order valence-electron chi connectivity index (χ2n) is 7.33. The molecule has 3 N–H and O–H groups in total. The molecule has 0 spiro atoms. The van der Waals surface area contributed by atoms with Gasteiger partial charge in [-0.05, 0) is 36.5 Å². The molecule has 6 nitrogen and oxygen atoms in total. The number of ether oxygens (including phenoxy) is 1. The Hall–Kier alpha value is -3.16. The van der Waals surface area contributed by atoms with Crippen LogP contribution in [0.3, 0.4) is 0 Å². The molecule has 3 amide bonds. The fourth-order valence-corrected chi connectivity index (χ4v) is 3.65. The summed E-state index contributed by atoms with van der Waals surface area (Å²) in [6.45, 7) is 0.0139.